The number of ether oxygens (including phenoxy) is 1. The molecule has 1 heterocycles. The van der Waals surface area contributed by atoms with E-state index < -0.39 is 5.97 Å². The van der Waals surface area contributed by atoms with Crippen LogP contribution in [-0.2, 0) is 4.74 Å². The van der Waals surface area contributed by atoms with Crippen LogP contribution in [0.25, 0.3) is 10.4 Å². The summed E-state index contributed by atoms with van der Waals surface area (Å²) in [7, 11) is 0. The van der Waals surface area contributed by atoms with Gasteiger partial charge in [0, 0.05) is 10.4 Å². The van der Waals surface area contributed by atoms with Crippen LogP contribution in [0.15, 0.2) is 12.1 Å². The fourth-order valence-electron chi connectivity index (χ4n) is 1.61. The zero-order valence-corrected chi connectivity index (χ0v) is 15.1. The minimum absolute atomic E-state index is 0.0965. The maximum absolute atomic E-state index is 11.7. The molecule has 0 aliphatic rings. The van der Waals surface area contributed by atoms with Crippen LogP contribution in [0.4, 0.5) is 0 Å². The van der Waals surface area contributed by atoms with Gasteiger partial charge in [0.1, 0.15) is 4.88 Å². The summed E-state index contributed by atoms with van der Waals surface area (Å²) in [6, 6.07) is 3.33. The summed E-state index contributed by atoms with van der Waals surface area (Å²) < 4.78 is 4.94. The molecule has 1 aromatic heterocycles. The van der Waals surface area contributed by atoms with Gasteiger partial charge in [-0.3, -0.25) is 0 Å². The number of halogens is 5. The highest BCUT2D eigenvalue weighted by molar-refractivity contribution is 7.17. The zero-order valence-electron chi connectivity index (χ0n) is 10.5. The van der Waals surface area contributed by atoms with E-state index in [4.69, 9.17) is 62.7 Å². The molecule has 0 amide bonds. The molecule has 2 aromatic rings. The summed E-state index contributed by atoms with van der Waals surface area (Å²) >= 11 is 31.6. The van der Waals surface area contributed by atoms with E-state index in [2.05, 4.69) is 0 Å². The van der Waals surface area contributed by atoms with Crippen LogP contribution >= 0.6 is 69.3 Å². The van der Waals surface area contributed by atoms with E-state index in [1.807, 2.05) is 0 Å². The molecule has 0 aliphatic carbocycles. The van der Waals surface area contributed by atoms with E-state index in [9.17, 15) is 4.79 Å². The van der Waals surface area contributed by atoms with E-state index in [-0.39, 0.29) is 25.1 Å². The number of benzene rings is 1. The van der Waals surface area contributed by atoms with Gasteiger partial charge in [0.15, 0.2) is 0 Å². The predicted molar refractivity (Wildman–Crippen MR) is 90.8 cm³/mol. The number of hydrogen-bond donors (Lipinski definition) is 0. The minimum atomic E-state index is -0.410. The fourth-order valence-corrected chi connectivity index (χ4v) is 4.02. The van der Waals surface area contributed by atoms with Gasteiger partial charge in [-0.25, -0.2) is 4.79 Å². The quantitative estimate of drug-likeness (QED) is 0.317. The maximum Gasteiger partial charge on any atom is 0.348 e. The molecule has 0 unspecified atom stereocenters. The van der Waals surface area contributed by atoms with Crippen LogP contribution in [0, 0.1) is 0 Å². The summed E-state index contributed by atoms with van der Waals surface area (Å²) in [5.74, 6) is -0.410. The van der Waals surface area contributed by atoms with Crippen molar-refractivity contribution in [1.82, 2.24) is 0 Å². The number of thiophene rings is 1. The first-order chi connectivity index (χ1) is 9.88. The van der Waals surface area contributed by atoms with Crippen molar-refractivity contribution in [2.24, 2.45) is 0 Å². The second-order valence-electron chi connectivity index (χ2n) is 3.83. The Morgan fingerprint density at radius 2 is 1.52 bits per heavy atom. The Balaban J connectivity index is 2.56. The molecule has 0 fully saturated rings. The monoisotopic (exact) mass is 402 g/mol. The van der Waals surface area contributed by atoms with Gasteiger partial charge < -0.3 is 4.74 Å². The van der Waals surface area contributed by atoms with E-state index in [0.717, 1.165) is 0 Å². The maximum atomic E-state index is 11.7. The summed E-state index contributed by atoms with van der Waals surface area (Å²) in [6.45, 7) is 2.03. The van der Waals surface area contributed by atoms with Crippen LogP contribution in [-0.4, -0.2) is 12.6 Å². The van der Waals surface area contributed by atoms with Crippen molar-refractivity contribution in [3.8, 4) is 10.4 Å². The number of rotatable bonds is 3. The third kappa shape index (κ3) is 3.29. The first-order valence-electron chi connectivity index (χ1n) is 5.67. The molecule has 0 aliphatic heterocycles. The molecule has 8 heteroatoms. The Kier molecular flexibility index (Phi) is 5.69. The molecular formula is C13H7Cl5O2S. The Morgan fingerprint density at radius 1 is 1.00 bits per heavy atom. The summed E-state index contributed by atoms with van der Waals surface area (Å²) in [5, 5.41) is 0.712. The van der Waals surface area contributed by atoms with Crippen molar-refractivity contribution in [1.29, 1.82) is 0 Å². The van der Waals surface area contributed by atoms with E-state index in [1.54, 1.807) is 19.1 Å². The largest absolute Gasteiger partial charge is 0.462 e. The van der Waals surface area contributed by atoms with Gasteiger partial charge in [-0.05, 0) is 19.1 Å². The first kappa shape index (κ1) is 17.2. The van der Waals surface area contributed by atoms with Crippen LogP contribution in [0.5, 0.6) is 0 Å². The van der Waals surface area contributed by atoms with Gasteiger partial charge in [-0.15, -0.1) is 11.3 Å². The Labute approximate surface area is 150 Å². The molecule has 0 saturated carbocycles. The second-order valence-corrected chi connectivity index (χ2v) is 6.80. The van der Waals surface area contributed by atoms with Crippen LogP contribution in [0.2, 0.25) is 25.1 Å². The molecule has 112 valence electrons. The molecule has 0 bridgehead atoms. The molecule has 21 heavy (non-hydrogen) atoms. The topological polar surface area (TPSA) is 26.3 Å². The third-order valence-electron chi connectivity index (χ3n) is 2.54. The lowest BCUT2D eigenvalue weighted by molar-refractivity contribution is 0.0532. The molecule has 0 radical (unpaired) electrons. The van der Waals surface area contributed by atoms with Crippen molar-refractivity contribution in [3.05, 3.63) is 42.1 Å². The van der Waals surface area contributed by atoms with Gasteiger partial charge in [-0.2, -0.15) is 0 Å². The highest BCUT2D eigenvalue weighted by atomic mass is 35.5. The second kappa shape index (κ2) is 6.95. The highest BCUT2D eigenvalue weighted by Gasteiger charge is 2.22. The van der Waals surface area contributed by atoms with Gasteiger partial charge >= 0.3 is 5.97 Å². The smallest absolute Gasteiger partial charge is 0.348 e. The van der Waals surface area contributed by atoms with Gasteiger partial charge in [0.05, 0.1) is 31.7 Å². The van der Waals surface area contributed by atoms with Crippen LogP contribution in [0.3, 0.4) is 0 Å². The minimum Gasteiger partial charge on any atom is -0.462 e. The lowest BCUT2D eigenvalue weighted by Gasteiger charge is -2.10. The lowest BCUT2D eigenvalue weighted by Crippen LogP contribution is -2.01. The van der Waals surface area contributed by atoms with Crippen molar-refractivity contribution < 1.29 is 9.53 Å². The van der Waals surface area contributed by atoms with Crippen molar-refractivity contribution in [3.63, 3.8) is 0 Å². The molecule has 0 spiro atoms. The Bertz CT molecular complexity index is 682. The standard InChI is InChI=1S/C13H7Cl5O2S/c1-2-20-13(19)6-4-3-5(21-6)7-8(14)10(16)12(18)11(17)9(7)15/h3-4H,2H2,1H3. The van der Waals surface area contributed by atoms with E-state index in [0.29, 0.717) is 21.9 Å². The van der Waals surface area contributed by atoms with Gasteiger partial charge in [-0.1, -0.05) is 58.0 Å². The molecular weight excluding hydrogens is 397 g/mol. The third-order valence-corrected chi connectivity index (χ3v) is 5.90. The molecule has 1 aromatic carbocycles. The van der Waals surface area contributed by atoms with Gasteiger partial charge in [0.25, 0.3) is 0 Å². The number of carbonyl (C=O) groups excluding carboxylic acids is 1. The van der Waals surface area contributed by atoms with E-state index >= 15 is 0 Å². The van der Waals surface area contributed by atoms with Crippen molar-refractivity contribution in [2.75, 3.05) is 6.61 Å². The number of esters is 1. The summed E-state index contributed by atoms with van der Waals surface area (Å²) in [5.41, 5.74) is 0.443. The first-order valence-corrected chi connectivity index (χ1v) is 8.37. The molecule has 0 atom stereocenters. The van der Waals surface area contributed by atoms with Crippen molar-refractivity contribution >= 4 is 75.3 Å². The number of carbonyl (C=O) groups is 1. The lowest BCUT2D eigenvalue weighted by atomic mass is 10.2. The Morgan fingerprint density at radius 3 is 2.05 bits per heavy atom. The SMILES string of the molecule is CCOC(=O)c1ccc(-c2c(Cl)c(Cl)c(Cl)c(Cl)c2Cl)s1. The average molecular weight is 405 g/mol. The summed E-state index contributed by atoms with van der Waals surface area (Å²) in [6.07, 6.45) is 0. The molecule has 0 saturated heterocycles. The summed E-state index contributed by atoms with van der Waals surface area (Å²) in [4.78, 5) is 12.8. The highest BCUT2D eigenvalue weighted by Crippen LogP contribution is 2.49. The van der Waals surface area contributed by atoms with E-state index in [1.165, 1.54) is 11.3 Å². The van der Waals surface area contributed by atoms with Crippen molar-refractivity contribution in [2.45, 2.75) is 6.92 Å². The fraction of sp³-hybridized carbons (Fsp3) is 0.154. The van der Waals surface area contributed by atoms with Crippen LogP contribution < -0.4 is 0 Å². The normalized spacial score (nSPS) is 10.8. The predicted octanol–water partition coefficient (Wildman–Crippen LogP) is 6.86. The number of hydrogen-bond acceptors (Lipinski definition) is 3. The molecule has 0 N–H and O–H groups in total. The van der Waals surface area contributed by atoms with Gasteiger partial charge in [0.2, 0.25) is 0 Å². The Hall–Kier alpha value is -0.160. The average Bonchev–Trinajstić information content (AvgIpc) is 2.93. The van der Waals surface area contributed by atoms with Crippen LogP contribution in [0.1, 0.15) is 16.6 Å². The zero-order chi connectivity index (χ0) is 15.7. The molecule has 2 rings (SSSR count). The molecule has 2 nitrogen and oxygen atoms in total.